The Balaban J connectivity index is 2.84. The number of nitro benzene ring substituents is 1. The van der Waals surface area contributed by atoms with Crippen LogP contribution in [0.4, 0.5) is 5.69 Å². The van der Waals surface area contributed by atoms with Crippen LogP contribution in [0.2, 0.25) is 0 Å². The molecule has 0 saturated carbocycles. The summed E-state index contributed by atoms with van der Waals surface area (Å²) in [6.07, 6.45) is 0.926. The van der Waals surface area contributed by atoms with E-state index < -0.39 is 22.8 Å². The van der Waals surface area contributed by atoms with Gasteiger partial charge in [0.25, 0.3) is 5.69 Å². The van der Waals surface area contributed by atoms with Gasteiger partial charge in [-0.15, -0.1) is 0 Å². The summed E-state index contributed by atoms with van der Waals surface area (Å²) >= 11 is 0. The van der Waals surface area contributed by atoms with Crippen LogP contribution < -0.4 is 5.32 Å². The molecular weight excluding hydrogens is 376 g/mol. The van der Waals surface area contributed by atoms with E-state index in [0.717, 1.165) is 0 Å². The van der Waals surface area contributed by atoms with Crippen LogP contribution in [0.15, 0.2) is 46.8 Å². The Kier molecular flexibility index (Phi) is 7.52. The molecule has 0 aromatic heterocycles. The van der Waals surface area contributed by atoms with E-state index in [-0.39, 0.29) is 35.6 Å². The molecule has 0 bridgehead atoms. The molecule has 29 heavy (non-hydrogen) atoms. The summed E-state index contributed by atoms with van der Waals surface area (Å²) in [6.45, 7) is 7.37. The summed E-state index contributed by atoms with van der Waals surface area (Å²) in [7, 11) is 0. The maximum atomic E-state index is 12.9. The van der Waals surface area contributed by atoms with Crippen molar-refractivity contribution in [2.24, 2.45) is 0 Å². The molecule has 156 valence electrons. The van der Waals surface area contributed by atoms with Crippen molar-refractivity contribution in [1.29, 1.82) is 0 Å². The second kappa shape index (κ2) is 9.86. The molecule has 8 nitrogen and oxygen atoms in total. The first-order chi connectivity index (χ1) is 13.9. The second-order valence-electron chi connectivity index (χ2n) is 6.31. The minimum absolute atomic E-state index is 0.141. The van der Waals surface area contributed by atoms with E-state index in [4.69, 9.17) is 9.47 Å². The van der Waals surface area contributed by atoms with Crippen LogP contribution in [0.25, 0.3) is 0 Å². The zero-order valence-electron chi connectivity index (χ0n) is 17.1. The molecule has 1 N–H and O–H groups in total. The lowest BCUT2D eigenvalue weighted by Gasteiger charge is -2.32. The number of dihydropyridines is 1. The van der Waals surface area contributed by atoms with Crippen molar-refractivity contribution < 1.29 is 24.0 Å². The Morgan fingerprint density at radius 3 is 1.86 bits per heavy atom. The van der Waals surface area contributed by atoms with Crippen molar-refractivity contribution in [1.82, 2.24) is 5.32 Å². The third-order valence-corrected chi connectivity index (χ3v) is 4.67. The van der Waals surface area contributed by atoms with E-state index in [1.54, 1.807) is 32.0 Å². The van der Waals surface area contributed by atoms with Crippen LogP contribution >= 0.6 is 0 Å². The highest BCUT2D eigenvalue weighted by Gasteiger charge is 2.41. The van der Waals surface area contributed by atoms with Crippen LogP contribution in [0.5, 0.6) is 0 Å². The number of para-hydroxylation sites is 1. The Morgan fingerprint density at radius 1 is 0.966 bits per heavy atom. The van der Waals surface area contributed by atoms with Crippen LogP contribution in [-0.2, 0) is 19.1 Å². The first kappa shape index (κ1) is 22.1. The van der Waals surface area contributed by atoms with Gasteiger partial charge in [-0.25, -0.2) is 9.59 Å². The molecule has 0 fully saturated rings. The van der Waals surface area contributed by atoms with Gasteiger partial charge in [-0.2, -0.15) is 0 Å². The third-order valence-electron chi connectivity index (χ3n) is 4.67. The summed E-state index contributed by atoms with van der Waals surface area (Å²) < 4.78 is 10.5. The van der Waals surface area contributed by atoms with Crippen molar-refractivity contribution in [3.8, 4) is 0 Å². The Bertz CT molecular complexity index is 830. The Morgan fingerprint density at radius 2 is 1.45 bits per heavy atom. The first-order valence-electron chi connectivity index (χ1n) is 9.71. The average molecular weight is 402 g/mol. The normalized spacial score (nSPS) is 14.5. The van der Waals surface area contributed by atoms with Crippen molar-refractivity contribution >= 4 is 17.6 Å². The van der Waals surface area contributed by atoms with Crippen LogP contribution in [0.3, 0.4) is 0 Å². The number of esters is 2. The summed E-state index contributed by atoms with van der Waals surface area (Å²) in [6, 6.07) is 6.12. The number of hydrogen-bond acceptors (Lipinski definition) is 7. The number of hydrogen-bond donors (Lipinski definition) is 1. The van der Waals surface area contributed by atoms with Crippen molar-refractivity contribution in [3.05, 3.63) is 62.5 Å². The molecule has 0 aliphatic carbocycles. The highest BCUT2D eigenvalue weighted by Crippen LogP contribution is 2.43. The van der Waals surface area contributed by atoms with Gasteiger partial charge in [0.1, 0.15) is 0 Å². The number of benzene rings is 1. The molecule has 0 unspecified atom stereocenters. The lowest BCUT2D eigenvalue weighted by molar-refractivity contribution is -0.385. The molecule has 0 amide bonds. The fourth-order valence-electron chi connectivity index (χ4n) is 3.48. The quantitative estimate of drug-likeness (QED) is 0.401. The third kappa shape index (κ3) is 4.47. The molecule has 0 spiro atoms. The number of rotatable bonds is 8. The van der Waals surface area contributed by atoms with E-state index in [9.17, 15) is 19.7 Å². The predicted octanol–water partition coefficient (Wildman–Crippen LogP) is 3.74. The zero-order chi connectivity index (χ0) is 21.6. The smallest absolute Gasteiger partial charge is 0.336 e. The summed E-state index contributed by atoms with van der Waals surface area (Å²) in [4.78, 5) is 37.0. The van der Waals surface area contributed by atoms with E-state index in [0.29, 0.717) is 24.2 Å². The standard InChI is InChI=1S/C21H26N2O6/c1-5-14-18(20(24)28-7-3)17(13-11-9-10-12-16(13)23(26)27)19(15(6-2)22-14)21(25)29-8-4/h9-12,17,22H,5-8H2,1-4H3. The topological polar surface area (TPSA) is 108 Å². The lowest BCUT2D eigenvalue weighted by atomic mass is 9.78. The number of nitrogens with zero attached hydrogens (tertiary/aromatic N) is 1. The number of nitrogens with one attached hydrogen (secondary N) is 1. The van der Waals surface area contributed by atoms with Gasteiger partial charge < -0.3 is 14.8 Å². The van der Waals surface area contributed by atoms with Crippen LogP contribution in [0.1, 0.15) is 52.0 Å². The highest BCUT2D eigenvalue weighted by molar-refractivity contribution is 6.00. The lowest BCUT2D eigenvalue weighted by Crippen LogP contribution is -2.34. The molecule has 0 atom stereocenters. The molecule has 1 aromatic carbocycles. The van der Waals surface area contributed by atoms with Gasteiger partial charge in [-0.1, -0.05) is 32.0 Å². The Hall–Kier alpha value is -3.16. The van der Waals surface area contributed by atoms with E-state index in [2.05, 4.69) is 5.32 Å². The number of allylic oxidation sites excluding steroid dienone is 2. The van der Waals surface area contributed by atoms with Gasteiger partial charge in [0.2, 0.25) is 0 Å². The van der Waals surface area contributed by atoms with Gasteiger partial charge >= 0.3 is 11.9 Å². The molecular formula is C21H26N2O6. The van der Waals surface area contributed by atoms with Gasteiger partial charge in [-0.3, -0.25) is 10.1 Å². The minimum atomic E-state index is -0.958. The average Bonchev–Trinajstić information content (AvgIpc) is 2.72. The van der Waals surface area contributed by atoms with Crippen LogP contribution in [-0.4, -0.2) is 30.1 Å². The van der Waals surface area contributed by atoms with Gasteiger partial charge in [0.15, 0.2) is 0 Å². The van der Waals surface area contributed by atoms with Gasteiger partial charge in [0.05, 0.1) is 35.2 Å². The number of nitro groups is 1. The molecule has 8 heteroatoms. The highest BCUT2D eigenvalue weighted by atomic mass is 16.6. The molecule has 1 aromatic rings. The van der Waals surface area contributed by atoms with E-state index in [1.165, 1.54) is 6.07 Å². The Labute approximate surface area is 169 Å². The van der Waals surface area contributed by atoms with E-state index >= 15 is 0 Å². The van der Waals surface area contributed by atoms with Crippen LogP contribution in [0, 0.1) is 10.1 Å². The molecule has 0 radical (unpaired) electrons. The second-order valence-corrected chi connectivity index (χ2v) is 6.31. The first-order valence-corrected chi connectivity index (χ1v) is 9.71. The maximum absolute atomic E-state index is 12.9. The number of carbonyl (C=O) groups excluding carboxylic acids is 2. The van der Waals surface area contributed by atoms with Gasteiger partial charge in [0, 0.05) is 23.0 Å². The summed E-state index contributed by atoms with van der Waals surface area (Å²) in [5, 5.41) is 14.9. The summed E-state index contributed by atoms with van der Waals surface area (Å²) in [5.41, 5.74) is 1.64. The molecule has 0 saturated heterocycles. The molecule has 1 aliphatic rings. The minimum Gasteiger partial charge on any atom is -0.463 e. The zero-order valence-corrected chi connectivity index (χ0v) is 17.1. The van der Waals surface area contributed by atoms with Crippen molar-refractivity contribution in [2.45, 2.75) is 46.5 Å². The molecule has 1 aliphatic heterocycles. The fraction of sp³-hybridized carbons (Fsp3) is 0.429. The number of ether oxygens (including phenoxy) is 2. The largest absolute Gasteiger partial charge is 0.463 e. The number of carbonyl (C=O) groups is 2. The monoisotopic (exact) mass is 402 g/mol. The maximum Gasteiger partial charge on any atom is 0.336 e. The van der Waals surface area contributed by atoms with E-state index in [1.807, 2.05) is 13.8 Å². The van der Waals surface area contributed by atoms with Gasteiger partial charge in [-0.05, 0) is 26.7 Å². The molecule has 2 rings (SSSR count). The molecule has 1 heterocycles. The summed E-state index contributed by atoms with van der Waals surface area (Å²) in [5.74, 6) is -2.19. The SMILES string of the molecule is CCOC(=O)C1=C(CC)NC(CC)=C(C(=O)OCC)C1c1ccccc1[N+](=O)[O-]. The van der Waals surface area contributed by atoms with Crippen molar-refractivity contribution in [3.63, 3.8) is 0 Å². The van der Waals surface area contributed by atoms with Crippen molar-refractivity contribution in [2.75, 3.05) is 13.2 Å². The fourth-order valence-corrected chi connectivity index (χ4v) is 3.48. The predicted molar refractivity (Wildman–Crippen MR) is 107 cm³/mol.